The fourth-order valence-electron chi connectivity index (χ4n) is 2.37. The van der Waals surface area contributed by atoms with Crippen LogP contribution in [0.15, 0.2) is 41.5 Å². The van der Waals surface area contributed by atoms with E-state index in [-0.39, 0.29) is 23.6 Å². The van der Waals surface area contributed by atoms with Crippen LogP contribution in [-0.2, 0) is 18.4 Å². The molecule has 0 unspecified atom stereocenters. The standard InChI is InChI=1S/C17H14ClN3O4/c1-10(22)11-5-14(20(2)7-11)17(24)25-9-13-6-16(23)21-8-12(18)3-4-15(21)19-13/h3-8H,9H2,1-2H3. The molecule has 0 aliphatic heterocycles. The SMILES string of the molecule is CC(=O)c1cc(C(=O)OCc2cc(=O)n3cc(Cl)ccc3n2)n(C)c1. The van der Waals surface area contributed by atoms with Crippen LogP contribution in [0, 0.1) is 0 Å². The van der Waals surface area contributed by atoms with Crippen molar-refractivity contribution in [1.82, 2.24) is 14.0 Å². The topological polar surface area (TPSA) is 82.7 Å². The van der Waals surface area contributed by atoms with Gasteiger partial charge in [-0.15, -0.1) is 0 Å². The third-order valence-corrected chi connectivity index (χ3v) is 3.87. The van der Waals surface area contributed by atoms with Gasteiger partial charge in [0.15, 0.2) is 5.78 Å². The summed E-state index contributed by atoms with van der Waals surface area (Å²) >= 11 is 5.86. The van der Waals surface area contributed by atoms with Crippen LogP contribution in [0.2, 0.25) is 5.02 Å². The van der Waals surface area contributed by atoms with E-state index in [1.165, 1.54) is 34.2 Å². The molecular weight excluding hydrogens is 346 g/mol. The number of aromatic nitrogens is 3. The van der Waals surface area contributed by atoms with Crippen molar-refractivity contribution in [3.05, 3.63) is 69.0 Å². The third-order valence-electron chi connectivity index (χ3n) is 3.65. The normalized spacial score (nSPS) is 10.8. The molecule has 0 saturated carbocycles. The summed E-state index contributed by atoms with van der Waals surface area (Å²) in [6.45, 7) is 1.26. The Labute approximate surface area is 147 Å². The molecule has 7 nitrogen and oxygen atoms in total. The fourth-order valence-corrected chi connectivity index (χ4v) is 2.53. The molecular formula is C17H14ClN3O4. The number of carbonyl (C=O) groups is 2. The Balaban J connectivity index is 1.80. The molecule has 0 aliphatic carbocycles. The van der Waals surface area contributed by atoms with Crippen molar-refractivity contribution in [2.24, 2.45) is 7.05 Å². The number of Topliss-reactive ketones (excluding diaryl/α,β-unsaturated/α-hetero) is 1. The van der Waals surface area contributed by atoms with Gasteiger partial charge in [0, 0.05) is 31.1 Å². The number of hydrogen-bond acceptors (Lipinski definition) is 5. The van der Waals surface area contributed by atoms with Gasteiger partial charge in [0.25, 0.3) is 5.56 Å². The van der Waals surface area contributed by atoms with Gasteiger partial charge in [-0.2, -0.15) is 0 Å². The number of carbonyl (C=O) groups excluding carboxylic acids is 2. The Morgan fingerprint density at radius 1 is 1.24 bits per heavy atom. The lowest BCUT2D eigenvalue weighted by Gasteiger charge is -2.06. The Bertz CT molecular complexity index is 1050. The van der Waals surface area contributed by atoms with E-state index < -0.39 is 5.97 Å². The largest absolute Gasteiger partial charge is 0.455 e. The highest BCUT2D eigenvalue weighted by atomic mass is 35.5. The number of fused-ring (bicyclic) bond motifs is 1. The molecule has 0 amide bonds. The molecule has 3 heterocycles. The van der Waals surface area contributed by atoms with Gasteiger partial charge in [-0.1, -0.05) is 11.6 Å². The van der Waals surface area contributed by atoms with E-state index in [2.05, 4.69) is 4.98 Å². The molecule has 3 aromatic rings. The molecule has 0 atom stereocenters. The van der Waals surface area contributed by atoms with Crippen LogP contribution < -0.4 is 5.56 Å². The van der Waals surface area contributed by atoms with Crippen LogP contribution in [0.4, 0.5) is 0 Å². The Hall–Kier alpha value is -2.93. The van der Waals surface area contributed by atoms with Gasteiger partial charge < -0.3 is 9.30 Å². The Morgan fingerprint density at radius 3 is 2.68 bits per heavy atom. The first-order valence-corrected chi connectivity index (χ1v) is 7.75. The number of pyridine rings is 1. The van der Waals surface area contributed by atoms with Gasteiger partial charge in [-0.3, -0.25) is 14.0 Å². The molecule has 0 N–H and O–H groups in total. The van der Waals surface area contributed by atoms with Crippen molar-refractivity contribution in [3.8, 4) is 0 Å². The smallest absolute Gasteiger partial charge is 0.355 e. The molecule has 0 radical (unpaired) electrons. The molecule has 0 bridgehead atoms. The highest BCUT2D eigenvalue weighted by molar-refractivity contribution is 6.30. The molecule has 25 heavy (non-hydrogen) atoms. The van der Waals surface area contributed by atoms with E-state index >= 15 is 0 Å². The molecule has 0 spiro atoms. The van der Waals surface area contributed by atoms with Crippen molar-refractivity contribution < 1.29 is 14.3 Å². The van der Waals surface area contributed by atoms with Crippen LogP contribution in [-0.4, -0.2) is 25.7 Å². The second-order valence-electron chi connectivity index (χ2n) is 5.52. The summed E-state index contributed by atoms with van der Waals surface area (Å²) in [6.07, 6.45) is 3.03. The maximum absolute atomic E-state index is 12.2. The van der Waals surface area contributed by atoms with Gasteiger partial charge >= 0.3 is 5.97 Å². The molecule has 128 valence electrons. The molecule has 3 rings (SSSR count). The first-order valence-electron chi connectivity index (χ1n) is 7.37. The summed E-state index contributed by atoms with van der Waals surface area (Å²) in [5.74, 6) is -0.745. The molecule has 0 aliphatic rings. The van der Waals surface area contributed by atoms with E-state index in [0.717, 1.165) is 0 Å². The Morgan fingerprint density at radius 2 is 2.00 bits per heavy atom. The van der Waals surface area contributed by atoms with Crippen LogP contribution in [0.3, 0.4) is 0 Å². The summed E-state index contributed by atoms with van der Waals surface area (Å²) in [7, 11) is 1.65. The van der Waals surface area contributed by atoms with Gasteiger partial charge in [-0.05, 0) is 25.1 Å². The quantitative estimate of drug-likeness (QED) is 0.527. The van der Waals surface area contributed by atoms with Crippen molar-refractivity contribution in [2.75, 3.05) is 0 Å². The van der Waals surface area contributed by atoms with Crippen molar-refractivity contribution in [1.29, 1.82) is 0 Å². The number of halogens is 1. The van der Waals surface area contributed by atoms with Crippen LogP contribution in [0.25, 0.3) is 5.65 Å². The molecule has 0 saturated heterocycles. The van der Waals surface area contributed by atoms with Crippen molar-refractivity contribution in [2.45, 2.75) is 13.5 Å². The maximum atomic E-state index is 12.2. The van der Waals surface area contributed by atoms with Crippen LogP contribution >= 0.6 is 11.6 Å². The van der Waals surface area contributed by atoms with Crippen LogP contribution in [0.5, 0.6) is 0 Å². The minimum absolute atomic E-state index is 0.141. The average Bonchev–Trinajstić information content (AvgIpc) is 2.95. The zero-order valence-corrected chi connectivity index (χ0v) is 14.3. The summed E-state index contributed by atoms with van der Waals surface area (Å²) in [5.41, 5.74) is 1.07. The number of ether oxygens (including phenoxy) is 1. The van der Waals surface area contributed by atoms with Gasteiger partial charge in [-0.25, -0.2) is 9.78 Å². The summed E-state index contributed by atoms with van der Waals surface area (Å²) in [5, 5.41) is 0.417. The first kappa shape index (κ1) is 16.9. The van der Waals surface area contributed by atoms with E-state index in [0.29, 0.717) is 21.9 Å². The summed E-state index contributed by atoms with van der Waals surface area (Å²) in [4.78, 5) is 39.9. The lowest BCUT2D eigenvalue weighted by Crippen LogP contribution is -2.17. The van der Waals surface area contributed by atoms with Gasteiger partial charge in [0.1, 0.15) is 17.9 Å². The van der Waals surface area contributed by atoms with Gasteiger partial charge in [0.05, 0.1) is 10.7 Å². The van der Waals surface area contributed by atoms with E-state index in [1.807, 2.05) is 0 Å². The number of aryl methyl sites for hydroxylation is 1. The predicted molar refractivity (Wildman–Crippen MR) is 91.0 cm³/mol. The number of nitrogens with zero attached hydrogens (tertiary/aromatic N) is 3. The number of esters is 1. The lowest BCUT2D eigenvalue weighted by atomic mass is 10.2. The second kappa shape index (κ2) is 6.52. The molecule has 0 fully saturated rings. The highest BCUT2D eigenvalue weighted by Gasteiger charge is 2.16. The van der Waals surface area contributed by atoms with E-state index in [4.69, 9.17) is 16.3 Å². The van der Waals surface area contributed by atoms with Gasteiger partial charge in [0.2, 0.25) is 0 Å². The maximum Gasteiger partial charge on any atom is 0.355 e. The predicted octanol–water partition coefficient (Wildman–Crippen LogP) is 2.25. The minimum Gasteiger partial charge on any atom is -0.455 e. The summed E-state index contributed by atoms with van der Waals surface area (Å²) < 4.78 is 8.04. The Kier molecular flexibility index (Phi) is 4.41. The first-order chi connectivity index (χ1) is 11.8. The fraction of sp³-hybridized carbons (Fsp3) is 0.176. The summed E-state index contributed by atoms with van der Waals surface area (Å²) in [6, 6.07) is 5.97. The monoisotopic (exact) mass is 359 g/mol. The highest BCUT2D eigenvalue weighted by Crippen LogP contribution is 2.12. The average molecular weight is 360 g/mol. The zero-order chi connectivity index (χ0) is 18.1. The molecule has 3 aromatic heterocycles. The number of ketones is 1. The molecule has 8 heteroatoms. The van der Waals surface area contributed by atoms with Crippen molar-refractivity contribution in [3.63, 3.8) is 0 Å². The zero-order valence-electron chi connectivity index (χ0n) is 13.5. The second-order valence-corrected chi connectivity index (χ2v) is 5.95. The lowest BCUT2D eigenvalue weighted by molar-refractivity contribution is 0.0456. The number of hydrogen-bond donors (Lipinski definition) is 0. The molecule has 0 aromatic carbocycles. The van der Waals surface area contributed by atoms with E-state index in [1.54, 1.807) is 25.4 Å². The van der Waals surface area contributed by atoms with Crippen LogP contribution in [0.1, 0.15) is 33.5 Å². The third kappa shape index (κ3) is 3.46. The van der Waals surface area contributed by atoms with Crippen molar-refractivity contribution >= 4 is 29.0 Å². The minimum atomic E-state index is -0.604. The van der Waals surface area contributed by atoms with E-state index in [9.17, 15) is 14.4 Å². The number of rotatable bonds is 4.